The zero-order valence-electron chi connectivity index (χ0n) is 9.12. The molecule has 0 aliphatic heterocycles. The summed E-state index contributed by atoms with van der Waals surface area (Å²) in [6.07, 6.45) is 6.30. The number of rotatable bonds is 3. The van der Waals surface area contributed by atoms with Crippen molar-refractivity contribution in [3.05, 3.63) is 29.6 Å². The molecule has 1 aromatic rings. The smallest absolute Gasteiger partial charge is 0.165 e. The van der Waals surface area contributed by atoms with Crippen molar-refractivity contribution in [1.82, 2.24) is 0 Å². The molecule has 16 heavy (non-hydrogen) atoms. The SMILES string of the molecule is O=Cc1ccc(OC2CCCCC2)c(F)c1. The Morgan fingerprint density at radius 2 is 2.00 bits per heavy atom. The fraction of sp³-hybridized carbons (Fsp3) is 0.462. The lowest BCUT2D eigenvalue weighted by molar-refractivity contribution is 0.112. The molecule has 0 heterocycles. The Balaban J connectivity index is 2.05. The molecule has 0 N–H and O–H groups in total. The molecule has 1 fully saturated rings. The lowest BCUT2D eigenvalue weighted by Gasteiger charge is -2.23. The number of hydrogen-bond donors (Lipinski definition) is 0. The van der Waals surface area contributed by atoms with Crippen molar-refractivity contribution in [2.75, 3.05) is 0 Å². The second-order valence-electron chi connectivity index (χ2n) is 4.19. The normalized spacial score (nSPS) is 17.1. The van der Waals surface area contributed by atoms with E-state index in [9.17, 15) is 9.18 Å². The van der Waals surface area contributed by atoms with Gasteiger partial charge in [-0.15, -0.1) is 0 Å². The molecule has 0 atom stereocenters. The van der Waals surface area contributed by atoms with Gasteiger partial charge in [0.2, 0.25) is 0 Å². The van der Waals surface area contributed by atoms with Crippen molar-refractivity contribution >= 4 is 6.29 Å². The minimum atomic E-state index is -0.449. The quantitative estimate of drug-likeness (QED) is 0.733. The van der Waals surface area contributed by atoms with Crippen molar-refractivity contribution in [2.45, 2.75) is 38.2 Å². The highest BCUT2D eigenvalue weighted by Crippen LogP contribution is 2.25. The van der Waals surface area contributed by atoms with E-state index >= 15 is 0 Å². The van der Waals surface area contributed by atoms with Crippen LogP contribution in [-0.2, 0) is 0 Å². The number of aldehydes is 1. The van der Waals surface area contributed by atoms with Crippen LogP contribution in [0, 0.1) is 5.82 Å². The Morgan fingerprint density at radius 3 is 2.62 bits per heavy atom. The maximum Gasteiger partial charge on any atom is 0.165 e. The number of hydrogen-bond acceptors (Lipinski definition) is 2. The van der Waals surface area contributed by atoms with E-state index in [4.69, 9.17) is 4.74 Å². The highest BCUT2D eigenvalue weighted by atomic mass is 19.1. The Labute approximate surface area is 94.4 Å². The Hall–Kier alpha value is -1.38. The zero-order valence-corrected chi connectivity index (χ0v) is 9.12. The van der Waals surface area contributed by atoms with Crippen LogP contribution in [0.25, 0.3) is 0 Å². The van der Waals surface area contributed by atoms with Crippen molar-refractivity contribution in [3.8, 4) is 5.75 Å². The second-order valence-corrected chi connectivity index (χ2v) is 4.19. The lowest BCUT2D eigenvalue weighted by atomic mass is 9.98. The van der Waals surface area contributed by atoms with Crippen LogP contribution in [0.5, 0.6) is 5.75 Å². The molecule has 2 rings (SSSR count). The van der Waals surface area contributed by atoms with Gasteiger partial charge in [0.15, 0.2) is 11.6 Å². The van der Waals surface area contributed by atoms with Gasteiger partial charge in [-0.05, 0) is 43.9 Å². The average Bonchev–Trinajstić information content (AvgIpc) is 2.33. The van der Waals surface area contributed by atoms with Crippen molar-refractivity contribution in [3.63, 3.8) is 0 Å². The van der Waals surface area contributed by atoms with Gasteiger partial charge in [0.05, 0.1) is 6.10 Å². The van der Waals surface area contributed by atoms with E-state index in [2.05, 4.69) is 0 Å². The molecule has 0 saturated heterocycles. The molecule has 86 valence electrons. The first-order valence-corrected chi connectivity index (χ1v) is 5.71. The average molecular weight is 222 g/mol. The van der Waals surface area contributed by atoms with Crippen LogP contribution in [0.2, 0.25) is 0 Å². The first kappa shape index (κ1) is 11.1. The maximum absolute atomic E-state index is 13.5. The van der Waals surface area contributed by atoms with E-state index < -0.39 is 5.82 Å². The van der Waals surface area contributed by atoms with E-state index in [1.807, 2.05) is 0 Å². The first-order valence-electron chi connectivity index (χ1n) is 5.71. The van der Waals surface area contributed by atoms with Gasteiger partial charge >= 0.3 is 0 Å². The topological polar surface area (TPSA) is 26.3 Å². The third kappa shape index (κ3) is 2.60. The van der Waals surface area contributed by atoms with Crippen LogP contribution in [0.1, 0.15) is 42.5 Å². The van der Waals surface area contributed by atoms with Crippen molar-refractivity contribution < 1.29 is 13.9 Å². The summed E-state index contributed by atoms with van der Waals surface area (Å²) in [5.41, 5.74) is 0.341. The fourth-order valence-corrected chi connectivity index (χ4v) is 2.05. The van der Waals surface area contributed by atoms with Gasteiger partial charge in [-0.3, -0.25) is 4.79 Å². The molecule has 0 unspecified atom stereocenters. The summed E-state index contributed by atoms with van der Waals surface area (Å²) in [6.45, 7) is 0. The molecule has 0 radical (unpaired) electrons. The molecule has 0 spiro atoms. The minimum Gasteiger partial charge on any atom is -0.487 e. The molecular formula is C13H15FO2. The first-order chi connectivity index (χ1) is 7.79. The van der Waals surface area contributed by atoms with E-state index in [0.717, 1.165) is 25.7 Å². The van der Waals surface area contributed by atoms with E-state index in [1.165, 1.54) is 18.6 Å². The Bertz CT molecular complexity index is 370. The summed E-state index contributed by atoms with van der Waals surface area (Å²) in [6, 6.07) is 4.33. The highest BCUT2D eigenvalue weighted by molar-refractivity contribution is 5.74. The van der Waals surface area contributed by atoms with Crippen LogP contribution in [0.3, 0.4) is 0 Å². The Kier molecular flexibility index (Phi) is 3.54. The highest BCUT2D eigenvalue weighted by Gasteiger charge is 2.16. The molecule has 1 aliphatic carbocycles. The summed E-state index contributed by atoms with van der Waals surface area (Å²) < 4.78 is 19.1. The predicted octanol–water partition coefficient (Wildman–Crippen LogP) is 3.35. The predicted molar refractivity (Wildman–Crippen MR) is 59.3 cm³/mol. The van der Waals surface area contributed by atoms with Crippen molar-refractivity contribution in [1.29, 1.82) is 0 Å². The molecule has 1 aliphatic rings. The van der Waals surface area contributed by atoms with Crippen molar-refractivity contribution in [2.24, 2.45) is 0 Å². The van der Waals surface area contributed by atoms with Gasteiger partial charge < -0.3 is 4.74 Å². The molecule has 0 aromatic heterocycles. The van der Waals surface area contributed by atoms with Gasteiger partial charge in [-0.1, -0.05) is 6.42 Å². The second kappa shape index (κ2) is 5.10. The van der Waals surface area contributed by atoms with E-state index in [0.29, 0.717) is 11.8 Å². The number of benzene rings is 1. The van der Waals surface area contributed by atoms with E-state index in [1.54, 1.807) is 6.07 Å². The fourth-order valence-electron chi connectivity index (χ4n) is 2.05. The molecule has 3 heteroatoms. The van der Waals surface area contributed by atoms with Gasteiger partial charge in [0, 0.05) is 5.56 Å². The molecule has 1 aromatic carbocycles. The van der Waals surface area contributed by atoms with Gasteiger partial charge in [0.1, 0.15) is 6.29 Å². The monoisotopic (exact) mass is 222 g/mol. The molecule has 0 amide bonds. The Morgan fingerprint density at radius 1 is 1.25 bits per heavy atom. The summed E-state index contributed by atoms with van der Waals surface area (Å²) in [5.74, 6) is -0.187. The molecule has 0 bridgehead atoms. The van der Waals surface area contributed by atoms with Crippen LogP contribution < -0.4 is 4.74 Å². The molecule has 1 saturated carbocycles. The van der Waals surface area contributed by atoms with Gasteiger partial charge in [-0.2, -0.15) is 0 Å². The summed E-state index contributed by atoms with van der Waals surface area (Å²) in [5, 5.41) is 0. The maximum atomic E-state index is 13.5. The van der Waals surface area contributed by atoms with E-state index in [-0.39, 0.29) is 11.9 Å². The number of ether oxygens (including phenoxy) is 1. The zero-order chi connectivity index (χ0) is 11.4. The number of halogens is 1. The van der Waals surface area contributed by atoms with Gasteiger partial charge in [0.25, 0.3) is 0 Å². The van der Waals surface area contributed by atoms with Crippen LogP contribution in [0.4, 0.5) is 4.39 Å². The van der Waals surface area contributed by atoms with Crippen LogP contribution >= 0.6 is 0 Å². The lowest BCUT2D eigenvalue weighted by Crippen LogP contribution is -2.20. The summed E-state index contributed by atoms with van der Waals surface area (Å²) in [4.78, 5) is 10.5. The molecular weight excluding hydrogens is 207 g/mol. The minimum absolute atomic E-state index is 0.130. The van der Waals surface area contributed by atoms with Crippen LogP contribution in [0.15, 0.2) is 18.2 Å². The molecule has 2 nitrogen and oxygen atoms in total. The largest absolute Gasteiger partial charge is 0.487 e. The number of carbonyl (C=O) groups is 1. The third-order valence-corrected chi connectivity index (χ3v) is 2.94. The summed E-state index contributed by atoms with van der Waals surface area (Å²) in [7, 11) is 0. The summed E-state index contributed by atoms with van der Waals surface area (Å²) >= 11 is 0. The standard InChI is InChI=1S/C13H15FO2/c14-12-8-10(9-15)6-7-13(12)16-11-4-2-1-3-5-11/h6-9,11H,1-5H2. The number of carbonyl (C=O) groups excluding carboxylic acids is 1. The third-order valence-electron chi connectivity index (χ3n) is 2.94. The van der Waals surface area contributed by atoms with Gasteiger partial charge in [-0.25, -0.2) is 4.39 Å². The van der Waals surface area contributed by atoms with Crippen LogP contribution in [-0.4, -0.2) is 12.4 Å².